The topological polar surface area (TPSA) is 435 Å². The third-order valence-corrected chi connectivity index (χ3v) is 12.6. The van der Waals surface area contributed by atoms with Gasteiger partial charge in [-0.1, -0.05) is 0 Å². The SMILES string of the molecule is O=S(=O)(O)c1c(S(=O)(=O)O)c(S(=O)(=O)O)c2c(S(=O)(=O)O)c(S(=O)(=O)O)c(S(=O)(=O)O)c(S(=O)(=O)O)c2c1S(=O)(=O)O. The Morgan fingerprint density at radius 1 is 0.214 bits per heavy atom. The fourth-order valence-electron chi connectivity index (χ4n) is 3.45. The Kier molecular flexibility index (Phi) is 8.39. The molecule has 2 aromatic rings. The van der Waals surface area contributed by atoms with E-state index >= 15 is 0 Å². The minimum Gasteiger partial charge on any atom is -0.282 e. The fourth-order valence-corrected chi connectivity index (χ4v) is 13.5. The molecule has 0 aliphatic heterocycles. The first kappa shape index (κ1) is 36.2. The molecule has 0 heterocycles. The highest BCUT2D eigenvalue weighted by atomic mass is 32.3. The Balaban J connectivity index is 4.45. The third kappa shape index (κ3) is 6.42. The van der Waals surface area contributed by atoms with E-state index in [9.17, 15) is 104 Å². The lowest BCUT2D eigenvalue weighted by Crippen LogP contribution is -2.25. The molecule has 0 amide bonds. The molecule has 240 valence electrons. The standard InChI is InChI=1S/C10H8O24S8/c11-35(12,13)3-1-2(5(37(17,18)19)9(41(29,30)31)7(3)39(23,24)25)6(38(20,21)22)10(42(32,33)34)8(40(26,27)28)4(1)36(14,15)16/h(H,11,12,13)(H,14,15,16)(H,17,18,19)(H,20,21,22)(H,23,24,25)(H,26,27,28)(H,29,30,31)(H,32,33,34). The van der Waals surface area contributed by atoms with Crippen molar-refractivity contribution in [3.63, 3.8) is 0 Å². The predicted molar refractivity (Wildman–Crippen MR) is 122 cm³/mol. The number of hydrogen-bond donors (Lipinski definition) is 8. The van der Waals surface area contributed by atoms with Gasteiger partial charge in [0.2, 0.25) is 0 Å². The summed E-state index contributed by atoms with van der Waals surface area (Å²) in [4.78, 5) is -25.9. The number of hydrogen-bond acceptors (Lipinski definition) is 16. The largest absolute Gasteiger partial charge is 0.297 e. The van der Waals surface area contributed by atoms with Crippen LogP contribution in [0.2, 0.25) is 0 Å². The molecule has 0 spiro atoms. The smallest absolute Gasteiger partial charge is 0.282 e. The van der Waals surface area contributed by atoms with Crippen molar-refractivity contribution < 1.29 is 104 Å². The average molecular weight is 769 g/mol. The maximum absolute atomic E-state index is 12.3. The highest BCUT2D eigenvalue weighted by Crippen LogP contribution is 2.50. The van der Waals surface area contributed by atoms with Crippen molar-refractivity contribution in [2.45, 2.75) is 39.2 Å². The van der Waals surface area contributed by atoms with Crippen molar-refractivity contribution in [2.75, 3.05) is 0 Å². The normalized spacial score (nSPS) is 14.8. The van der Waals surface area contributed by atoms with Crippen LogP contribution < -0.4 is 0 Å². The molecule has 0 radical (unpaired) electrons. The van der Waals surface area contributed by atoms with Gasteiger partial charge in [-0.05, 0) is 0 Å². The summed E-state index contributed by atoms with van der Waals surface area (Å²) in [7, 11) is -55.6. The average Bonchev–Trinajstić information content (AvgIpc) is 2.63. The first-order valence-electron chi connectivity index (χ1n) is 8.51. The second-order valence-electron chi connectivity index (χ2n) is 7.18. The maximum Gasteiger partial charge on any atom is 0.297 e. The summed E-state index contributed by atoms with van der Waals surface area (Å²) in [6, 6.07) is 0. The van der Waals surface area contributed by atoms with Gasteiger partial charge in [-0.3, -0.25) is 36.4 Å². The van der Waals surface area contributed by atoms with Crippen molar-refractivity contribution in [1.29, 1.82) is 0 Å². The molecule has 0 aliphatic rings. The lowest BCUT2D eigenvalue weighted by molar-refractivity contribution is 0.443. The summed E-state index contributed by atoms with van der Waals surface area (Å²) in [5.74, 6) is 0. The Hall–Kier alpha value is -2.02. The van der Waals surface area contributed by atoms with Crippen LogP contribution in [-0.4, -0.2) is 104 Å². The summed E-state index contributed by atoms with van der Waals surface area (Å²) in [6.45, 7) is 0. The van der Waals surface area contributed by atoms with Crippen LogP contribution >= 0.6 is 0 Å². The summed E-state index contributed by atoms with van der Waals surface area (Å²) < 4.78 is 272. The van der Waals surface area contributed by atoms with Gasteiger partial charge in [0, 0.05) is 10.8 Å². The maximum atomic E-state index is 12.3. The molecule has 8 N–H and O–H groups in total. The van der Waals surface area contributed by atoms with Gasteiger partial charge in [-0.15, -0.1) is 0 Å². The Labute approximate surface area is 233 Å². The Morgan fingerprint density at radius 2 is 0.310 bits per heavy atom. The van der Waals surface area contributed by atoms with E-state index in [4.69, 9.17) is 0 Å². The molecule has 0 unspecified atom stereocenters. The van der Waals surface area contributed by atoms with Crippen molar-refractivity contribution in [1.82, 2.24) is 0 Å². The van der Waals surface area contributed by atoms with Gasteiger partial charge in [-0.2, -0.15) is 67.3 Å². The van der Waals surface area contributed by atoms with Gasteiger partial charge in [-0.25, -0.2) is 0 Å². The first-order valence-corrected chi connectivity index (χ1v) is 20.0. The van der Waals surface area contributed by atoms with E-state index in [-0.39, 0.29) is 0 Å². The highest BCUT2D eigenvalue weighted by molar-refractivity contribution is 7.93. The van der Waals surface area contributed by atoms with Gasteiger partial charge in [0.05, 0.1) is 0 Å². The minimum absolute atomic E-state index is 3.03. The van der Waals surface area contributed by atoms with Crippen molar-refractivity contribution >= 4 is 91.7 Å². The van der Waals surface area contributed by atoms with Crippen molar-refractivity contribution in [2.24, 2.45) is 0 Å². The van der Waals surface area contributed by atoms with Crippen LogP contribution in [0.4, 0.5) is 0 Å². The molecule has 0 fully saturated rings. The Bertz CT molecular complexity index is 2140. The van der Waals surface area contributed by atoms with Crippen LogP contribution in [-0.2, 0) is 80.9 Å². The van der Waals surface area contributed by atoms with Crippen LogP contribution in [0.1, 0.15) is 0 Å². The van der Waals surface area contributed by atoms with Crippen LogP contribution in [0.15, 0.2) is 39.2 Å². The van der Waals surface area contributed by atoms with Crippen LogP contribution in [0.5, 0.6) is 0 Å². The van der Waals surface area contributed by atoms with E-state index in [0.29, 0.717) is 0 Å². The molecule has 0 aromatic heterocycles. The fraction of sp³-hybridized carbons (Fsp3) is 0. The third-order valence-electron chi connectivity index (χ3n) is 4.46. The van der Waals surface area contributed by atoms with E-state index in [0.717, 1.165) is 0 Å². The van der Waals surface area contributed by atoms with Crippen LogP contribution in [0.3, 0.4) is 0 Å². The molecule has 0 saturated carbocycles. The van der Waals surface area contributed by atoms with Crippen molar-refractivity contribution in [3.8, 4) is 0 Å². The predicted octanol–water partition coefficient (Wildman–Crippen LogP) is -3.19. The zero-order valence-corrected chi connectivity index (χ0v) is 24.9. The molecule has 24 nitrogen and oxygen atoms in total. The summed E-state index contributed by atoms with van der Waals surface area (Å²) in [5, 5.41) is -6.05. The molecule has 0 saturated heterocycles. The number of benzene rings is 2. The molecule has 2 rings (SSSR count). The molecule has 0 bridgehead atoms. The van der Waals surface area contributed by atoms with E-state index in [1.54, 1.807) is 0 Å². The molecule has 0 atom stereocenters. The van der Waals surface area contributed by atoms with Gasteiger partial charge < -0.3 is 0 Å². The lowest BCUT2D eigenvalue weighted by atomic mass is 10.1. The van der Waals surface area contributed by atoms with Crippen LogP contribution in [0, 0.1) is 0 Å². The second kappa shape index (κ2) is 9.74. The van der Waals surface area contributed by atoms with Gasteiger partial charge >= 0.3 is 0 Å². The first-order chi connectivity index (χ1) is 18.0. The van der Waals surface area contributed by atoms with Gasteiger partial charge in [0.25, 0.3) is 80.9 Å². The molecular formula is C10H8O24S8. The van der Waals surface area contributed by atoms with Crippen molar-refractivity contribution in [3.05, 3.63) is 0 Å². The monoisotopic (exact) mass is 768 g/mol. The van der Waals surface area contributed by atoms with E-state index in [2.05, 4.69) is 0 Å². The summed E-state index contributed by atoms with van der Waals surface area (Å²) >= 11 is 0. The number of rotatable bonds is 8. The number of fused-ring (bicyclic) bond motifs is 1. The minimum atomic E-state index is -6.98. The second-order valence-corrected chi connectivity index (χ2v) is 18.1. The van der Waals surface area contributed by atoms with E-state index in [1.807, 2.05) is 0 Å². The van der Waals surface area contributed by atoms with E-state index in [1.165, 1.54) is 0 Å². The molecule has 32 heteroatoms. The lowest BCUT2D eigenvalue weighted by Gasteiger charge is -2.22. The molecule has 42 heavy (non-hydrogen) atoms. The Morgan fingerprint density at radius 3 is 0.381 bits per heavy atom. The zero-order chi connectivity index (χ0) is 33.8. The summed E-state index contributed by atoms with van der Waals surface area (Å²) in [6.07, 6.45) is 0. The molecular weight excluding hydrogens is 761 g/mol. The van der Waals surface area contributed by atoms with Gasteiger partial charge in [0.1, 0.15) is 39.2 Å². The van der Waals surface area contributed by atoms with Crippen LogP contribution in [0.25, 0.3) is 10.8 Å². The van der Waals surface area contributed by atoms with Gasteiger partial charge in [0.15, 0.2) is 0 Å². The molecule has 0 aliphatic carbocycles. The molecule has 2 aromatic carbocycles. The zero-order valence-electron chi connectivity index (χ0n) is 18.4. The highest BCUT2D eigenvalue weighted by Gasteiger charge is 2.49. The quantitative estimate of drug-likeness (QED) is 0.123. The summed E-state index contributed by atoms with van der Waals surface area (Å²) in [5.41, 5.74) is 0. The van der Waals surface area contributed by atoms with E-state index < -0.39 is 131 Å².